The van der Waals surface area contributed by atoms with Gasteiger partial charge in [-0.1, -0.05) is 23.2 Å². The molecule has 2 rings (SSSR count). The van der Waals surface area contributed by atoms with Crippen molar-refractivity contribution in [2.45, 2.75) is 20.8 Å². The smallest absolute Gasteiger partial charge is 0.226 e. The summed E-state index contributed by atoms with van der Waals surface area (Å²) in [5.41, 5.74) is 1.66. The lowest BCUT2D eigenvalue weighted by molar-refractivity contribution is 0.452. The molecule has 0 N–H and O–H groups in total. The van der Waals surface area contributed by atoms with Gasteiger partial charge in [0, 0.05) is 10.6 Å². The summed E-state index contributed by atoms with van der Waals surface area (Å²) < 4.78 is 5.76. The van der Waals surface area contributed by atoms with E-state index in [9.17, 15) is 0 Å². The summed E-state index contributed by atoms with van der Waals surface area (Å²) in [7, 11) is 0. The average Bonchev–Trinajstić information content (AvgIpc) is 2.29. The van der Waals surface area contributed by atoms with E-state index < -0.39 is 0 Å². The van der Waals surface area contributed by atoms with Crippen molar-refractivity contribution in [2.24, 2.45) is 0 Å². The van der Waals surface area contributed by atoms with Crippen LogP contribution in [0.5, 0.6) is 11.6 Å². The Morgan fingerprint density at radius 3 is 2.44 bits per heavy atom. The molecular weight excluding hydrogens is 271 g/mol. The fourth-order valence-electron chi connectivity index (χ4n) is 1.50. The minimum Gasteiger partial charge on any atom is -0.438 e. The SMILES string of the molecule is Cc1nc(Cl)c(C)c(Oc2ccc(Cl)cc2C)n1. The fraction of sp³-hybridized carbons (Fsp3) is 0.231. The summed E-state index contributed by atoms with van der Waals surface area (Å²) in [5, 5.41) is 1.08. The first-order chi connectivity index (χ1) is 8.47. The van der Waals surface area contributed by atoms with Crippen LogP contribution in [0.15, 0.2) is 18.2 Å². The molecule has 0 saturated carbocycles. The number of hydrogen-bond acceptors (Lipinski definition) is 3. The Bertz CT molecular complexity index is 600. The molecule has 0 radical (unpaired) electrons. The zero-order valence-electron chi connectivity index (χ0n) is 10.3. The van der Waals surface area contributed by atoms with E-state index in [1.807, 2.05) is 26.0 Å². The van der Waals surface area contributed by atoms with Crippen LogP contribution in [0.4, 0.5) is 0 Å². The Balaban J connectivity index is 2.40. The van der Waals surface area contributed by atoms with Gasteiger partial charge >= 0.3 is 0 Å². The fourth-order valence-corrected chi connectivity index (χ4v) is 1.93. The van der Waals surface area contributed by atoms with Crippen molar-refractivity contribution in [1.29, 1.82) is 0 Å². The molecule has 0 aliphatic heterocycles. The van der Waals surface area contributed by atoms with Gasteiger partial charge in [0.15, 0.2) is 0 Å². The minimum atomic E-state index is 0.407. The van der Waals surface area contributed by atoms with E-state index in [1.54, 1.807) is 13.0 Å². The number of benzene rings is 1. The number of rotatable bonds is 2. The minimum absolute atomic E-state index is 0.407. The maximum atomic E-state index is 6.00. The van der Waals surface area contributed by atoms with Crippen LogP contribution in [-0.2, 0) is 0 Å². The highest BCUT2D eigenvalue weighted by atomic mass is 35.5. The molecule has 0 fully saturated rings. The van der Waals surface area contributed by atoms with E-state index in [1.165, 1.54) is 0 Å². The molecule has 0 aliphatic rings. The predicted octanol–water partition coefficient (Wildman–Crippen LogP) is 4.50. The summed E-state index contributed by atoms with van der Waals surface area (Å²) >= 11 is 11.9. The number of halogens is 2. The third-order valence-electron chi connectivity index (χ3n) is 2.50. The maximum Gasteiger partial charge on any atom is 0.226 e. The molecule has 94 valence electrons. The van der Waals surface area contributed by atoms with Crippen LogP contribution in [-0.4, -0.2) is 9.97 Å². The van der Waals surface area contributed by atoms with Crippen molar-refractivity contribution in [3.8, 4) is 11.6 Å². The first-order valence-electron chi connectivity index (χ1n) is 5.42. The van der Waals surface area contributed by atoms with Crippen LogP contribution < -0.4 is 4.74 Å². The van der Waals surface area contributed by atoms with E-state index in [0.717, 1.165) is 11.1 Å². The van der Waals surface area contributed by atoms with Crippen molar-refractivity contribution >= 4 is 23.2 Å². The topological polar surface area (TPSA) is 35.0 Å². The summed E-state index contributed by atoms with van der Waals surface area (Å²) in [6.07, 6.45) is 0. The van der Waals surface area contributed by atoms with E-state index in [2.05, 4.69) is 9.97 Å². The predicted molar refractivity (Wildman–Crippen MR) is 72.8 cm³/mol. The van der Waals surface area contributed by atoms with Gasteiger partial charge in [-0.15, -0.1) is 0 Å². The highest BCUT2D eigenvalue weighted by molar-refractivity contribution is 6.30. The van der Waals surface area contributed by atoms with Gasteiger partial charge in [-0.3, -0.25) is 0 Å². The van der Waals surface area contributed by atoms with Gasteiger partial charge in [0.1, 0.15) is 16.7 Å². The summed E-state index contributed by atoms with van der Waals surface area (Å²) in [6.45, 7) is 5.52. The largest absolute Gasteiger partial charge is 0.438 e. The van der Waals surface area contributed by atoms with Gasteiger partial charge in [0.05, 0.1) is 0 Å². The van der Waals surface area contributed by atoms with Gasteiger partial charge < -0.3 is 4.74 Å². The molecule has 1 heterocycles. The lowest BCUT2D eigenvalue weighted by Gasteiger charge is -2.11. The lowest BCUT2D eigenvalue weighted by Crippen LogP contribution is -1.98. The Hall–Kier alpha value is -1.32. The molecule has 3 nitrogen and oxygen atoms in total. The second-order valence-electron chi connectivity index (χ2n) is 4.00. The quantitative estimate of drug-likeness (QED) is 0.761. The molecule has 5 heteroatoms. The second kappa shape index (κ2) is 5.12. The van der Waals surface area contributed by atoms with Gasteiger partial charge in [-0.25, -0.2) is 4.98 Å². The Morgan fingerprint density at radius 1 is 1.06 bits per heavy atom. The van der Waals surface area contributed by atoms with Crippen molar-refractivity contribution < 1.29 is 4.74 Å². The van der Waals surface area contributed by atoms with Crippen LogP contribution in [0, 0.1) is 20.8 Å². The Morgan fingerprint density at radius 2 is 1.78 bits per heavy atom. The number of aromatic nitrogens is 2. The molecule has 0 saturated heterocycles. The number of ether oxygens (including phenoxy) is 1. The zero-order chi connectivity index (χ0) is 13.3. The molecule has 0 aliphatic carbocycles. The number of aryl methyl sites for hydroxylation is 2. The van der Waals surface area contributed by atoms with E-state index in [4.69, 9.17) is 27.9 Å². The lowest BCUT2D eigenvalue weighted by atomic mass is 10.2. The molecule has 0 atom stereocenters. The Kier molecular flexibility index (Phi) is 3.73. The van der Waals surface area contributed by atoms with Gasteiger partial charge in [-0.2, -0.15) is 4.98 Å². The first-order valence-corrected chi connectivity index (χ1v) is 6.17. The molecule has 18 heavy (non-hydrogen) atoms. The molecule has 0 unspecified atom stereocenters. The van der Waals surface area contributed by atoms with E-state index in [-0.39, 0.29) is 0 Å². The van der Waals surface area contributed by atoms with Gasteiger partial charge in [0.2, 0.25) is 5.88 Å². The van der Waals surface area contributed by atoms with Crippen molar-refractivity contribution in [2.75, 3.05) is 0 Å². The average molecular weight is 283 g/mol. The maximum absolute atomic E-state index is 6.00. The molecule has 1 aromatic heterocycles. The molecular formula is C13H12Cl2N2O. The van der Waals surface area contributed by atoms with Crippen LogP contribution in [0.25, 0.3) is 0 Å². The zero-order valence-corrected chi connectivity index (χ0v) is 11.8. The van der Waals surface area contributed by atoms with Crippen molar-refractivity contribution in [3.05, 3.63) is 45.3 Å². The van der Waals surface area contributed by atoms with Gasteiger partial charge in [-0.05, 0) is 44.5 Å². The standard InChI is InChI=1S/C13H12Cl2N2O/c1-7-6-10(14)4-5-11(7)18-13-8(2)12(15)16-9(3)17-13/h4-6H,1-3H3. The van der Waals surface area contributed by atoms with Crippen LogP contribution in [0.2, 0.25) is 10.2 Å². The normalized spacial score (nSPS) is 10.5. The molecule has 2 aromatic rings. The van der Waals surface area contributed by atoms with E-state index >= 15 is 0 Å². The highest BCUT2D eigenvalue weighted by Gasteiger charge is 2.11. The number of nitrogens with zero attached hydrogens (tertiary/aromatic N) is 2. The Labute approximate surface area is 116 Å². The van der Waals surface area contributed by atoms with Gasteiger partial charge in [0.25, 0.3) is 0 Å². The van der Waals surface area contributed by atoms with E-state index in [0.29, 0.717) is 27.6 Å². The highest BCUT2D eigenvalue weighted by Crippen LogP contribution is 2.30. The second-order valence-corrected chi connectivity index (χ2v) is 4.80. The third kappa shape index (κ3) is 2.74. The van der Waals surface area contributed by atoms with Crippen LogP contribution >= 0.6 is 23.2 Å². The first kappa shape index (κ1) is 13.1. The third-order valence-corrected chi connectivity index (χ3v) is 3.10. The van der Waals surface area contributed by atoms with Crippen LogP contribution in [0.3, 0.4) is 0 Å². The monoisotopic (exact) mass is 282 g/mol. The summed E-state index contributed by atoms with van der Waals surface area (Å²) in [6, 6.07) is 5.42. The van der Waals surface area contributed by atoms with Crippen molar-refractivity contribution in [3.63, 3.8) is 0 Å². The molecule has 0 bridgehead atoms. The number of hydrogen-bond donors (Lipinski definition) is 0. The van der Waals surface area contributed by atoms with Crippen molar-refractivity contribution in [1.82, 2.24) is 9.97 Å². The summed E-state index contributed by atoms with van der Waals surface area (Å²) in [4.78, 5) is 8.31. The molecule has 0 amide bonds. The summed E-state index contributed by atoms with van der Waals surface area (Å²) in [5.74, 6) is 1.75. The van der Waals surface area contributed by atoms with Crippen LogP contribution in [0.1, 0.15) is 17.0 Å². The molecule has 0 spiro atoms. The molecule has 1 aromatic carbocycles.